The van der Waals surface area contributed by atoms with Crippen molar-refractivity contribution in [3.63, 3.8) is 0 Å². The summed E-state index contributed by atoms with van der Waals surface area (Å²) in [7, 11) is 0. The van der Waals surface area contributed by atoms with Gasteiger partial charge >= 0.3 is 0 Å². The largest absolute Gasteiger partial charge is 0.494 e. The summed E-state index contributed by atoms with van der Waals surface area (Å²) < 4.78 is 18.3. The molecule has 4 rings (SSSR count). The highest BCUT2D eigenvalue weighted by atomic mass is 16.5. The molecule has 2 amide bonds. The van der Waals surface area contributed by atoms with Gasteiger partial charge in [-0.15, -0.1) is 0 Å². The second-order valence-corrected chi connectivity index (χ2v) is 7.97. The smallest absolute Gasteiger partial charge is 0.274 e. The van der Waals surface area contributed by atoms with Gasteiger partial charge in [-0.1, -0.05) is 12.1 Å². The van der Waals surface area contributed by atoms with E-state index in [1.165, 1.54) is 6.20 Å². The molecule has 9 heteroatoms. The van der Waals surface area contributed by atoms with E-state index >= 15 is 0 Å². The van der Waals surface area contributed by atoms with Crippen molar-refractivity contribution >= 4 is 17.5 Å². The molecule has 0 saturated carbocycles. The molecule has 0 radical (unpaired) electrons. The van der Waals surface area contributed by atoms with Crippen LogP contribution in [0.15, 0.2) is 54.7 Å². The fourth-order valence-corrected chi connectivity index (χ4v) is 3.82. The summed E-state index contributed by atoms with van der Waals surface area (Å²) in [4.78, 5) is 27.9. The Bertz CT molecular complexity index is 1150. The van der Waals surface area contributed by atoms with E-state index in [2.05, 4.69) is 10.4 Å². The number of anilines is 1. The minimum atomic E-state index is -0.320. The first kappa shape index (κ1) is 24.3. The molecular weight excluding hydrogens is 448 g/mol. The number of aromatic nitrogens is 2. The first-order valence-corrected chi connectivity index (χ1v) is 11.8. The van der Waals surface area contributed by atoms with Crippen molar-refractivity contribution in [2.24, 2.45) is 0 Å². The molecule has 35 heavy (non-hydrogen) atoms. The monoisotopic (exact) mass is 478 g/mol. The molecule has 0 unspecified atom stereocenters. The van der Waals surface area contributed by atoms with Crippen LogP contribution < -0.4 is 14.8 Å². The van der Waals surface area contributed by atoms with Gasteiger partial charge in [-0.3, -0.25) is 14.3 Å². The van der Waals surface area contributed by atoms with Crippen molar-refractivity contribution in [2.75, 3.05) is 38.2 Å². The van der Waals surface area contributed by atoms with E-state index in [0.717, 1.165) is 11.3 Å². The number of aryl methyl sites for hydroxylation is 1. The van der Waals surface area contributed by atoms with Crippen LogP contribution in [0, 0.1) is 0 Å². The van der Waals surface area contributed by atoms with E-state index in [1.54, 1.807) is 27.8 Å². The summed E-state index contributed by atoms with van der Waals surface area (Å²) in [5.41, 5.74) is 2.08. The second-order valence-electron chi connectivity index (χ2n) is 7.97. The van der Waals surface area contributed by atoms with Crippen molar-refractivity contribution in [3.05, 3.63) is 71.5 Å². The number of nitrogens with zero attached hydrogens (tertiary/aromatic N) is 3. The SMILES string of the molecule is CCOc1ccc(OCc2cccc(C(=O)Nc3cnn(CC)c3C(=O)N3CCOCC3)c2)cc1. The number of carbonyl (C=O) groups excluding carboxylic acids is 2. The minimum Gasteiger partial charge on any atom is -0.494 e. The van der Waals surface area contributed by atoms with Crippen LogP contribution in [0.1, 0.15) is 40.3 Å². The molecule has 1 aromatic heterocycles. The molecule has 3 aromatic rings. The zero-order valence-electron chi connectivity index (χ0n) is 20.0. The number of carbonyl (C=O) groups is 2. The Morgan fingerprint density at radius 1 is 1.03 bits per heavy atom. The van der Waals surface area contributed by atoms with Crippen LogP contribution in [0.2, 0.25) is 0 Å². The molecule has 0 aliphatic carbocycles. The predicted octanol–water partition coefficient (Wildman–Crippen LogP) is 3.61. The first-order chi connectivity index (χ1) is 17.1. The Morgan fingerprint density at radius 3 is 2.43 bits per heavy atom. The van der Waals surface area contributed by atoms with Gasteiger partial charge in [0.15, 0.2) is 0 Å². The molecule has 0 spiro atoms. The number of hydrogen-bond donors (Lipinski definition) is 1. The third kappa shape index (κ3) is 5.99. The first-order valence-electron chi connectivity index (χ1n) is 11.8. The lowest BCUT2D eigenvalue weighted by atomic mass is 10.1. The molecule has 1 aliphatic heterocycles. The van der Waals surface area contributed by atoms with Gasteiger partial charge in [0.2, 0.25) is 0 Å². The van der Waals surface area contributed by atoms with Gasteiger partial charge in [-0.25, -0.2) is 0 Å². The van der Waals surface area contributed by atoms with Gasteiger partial charge in [-0.2, -0.15) is 5.10 Å². The maximum atomic E-state index is 13.1. The summed E-state index contributed by atoms with van der Waals surface area (Å²) in [6, 6.07) is 14.6. The van der Waals surface area contributed by atoms with Crippen molar-refractivity contribution in [1.82, 2.24) is 14.7 Å². The number of morpholine rings is 1. The molecule has 184 valence electrons. The average Bonchev–Trinajstić information content (AvgIpc) is 3.31. The molecule has 1 N–H and O–H groups in total. The number of benzene rings is 2. The summed E-state index contributed by atoms with van der Waals surface area (Å²) in [5, 5.41) is 7.15. The minimum absolute atomic E-state index is 0.166. The van der Waals surface area contributed by atoms with Crippen molar-refractivity contribution in [3.8, 4) is 11.5 Å². The molecular formula is C26H30N4O5. The number of nitrogens with one attached hydrogen (secondary N) is 1. The van der Waals surface area contributed by atoms with Crippen LogP contribution in [0.5, 0.6) is 11.5 Å². The van der Waals surface area contributed by atoms with Crippen molar-refractivity contribution < 1.29 is 23.8 Å². The molecule has 9 nitrogen and oxygen atoms in total. The average molecular weight is 479 g/mol. The fourth-order valence-electron chi connectivity index (χ4n) is 3.82. The lowest BCUT2D eigenvalue weighted by Gasteiger charge is -2.27. The van der Waals surface area contributed by atoms with Gasteiger partial charge in [0.1, 0.15) is 23.8 Å². The number of amides is 2. The third-order valence-corrected chi connectivity index (χ3v) is 5.62. The van der Waals surface area contributed by atoms with Gasteiger partial charge in [0, 0.05) is 25.2 Å². The van der Waals surface area contributed by atoms with Gasteiger partial charge in [0.05, 0.1) is 31.7 Å². The van der Waals surface area contributed by atoms with Crippen molar-refractivity contribution in [1.29, 1.82) is 0 Å². The Labute approximate surface area is 204 Å². The maximum absolute atomic E-state index is 13.1. The van der Waals surface area contributed by atoms with E-state index in [9.17, 15) is 9.59 Å². The highest BCUT2D eigenvalue weighted by molar-refractivity contribution is 6.08. The lowest BCUT2D eigenvalue weighted by Crippen LogP contribution is -2.41. The Balaban J connectivity index is 1.43. The predicted molar refractivity (Wildman–Crippen MR) is 131 cm³/mol. The normalized spacial score (nSPS) is 13.4. The fraction of sp³-hybridized carbons (Fsp3) is 0.346. The van der Waals surface area contributed by atoms with Gasteiger partial charge in [0.25, 0.3) is 11.8 Å². The number of ether oxygens (including phenoxy) is 3. The zero-order valence-corrected chi connectivity index (χ0v) is 20.0. The number of hydrogen-bond acceptors (Lipinski definition) is 6. The van der Waals surface area contributed by atoms with E-state index in [-0.39, 0.29) is 11.8 Å². The second kappa shape index (κ2) is 11.5. The van der Waals surface area contributed by atoms with E-state index < -0.39 is 0 Å². The van der Waals surface area contributed by atoms with Crippen LogP contribution in [0.4, 0.5) is 5.69 Å². The van der Waals surface area contributed by atoms with E-state index in [4.69, 9.17) is 14.2 Å². The molecule has 1 aliphatic rings. The molecule has 1 saturated heterocycles. The summed E-state index contributed by atoms with van der Waals surface area (Å²) >= 11 is 0. The Morgan fingerprint density at radius 2 is 1.74 bits per heavy atom. The standard InChI is InChI=1S/C26H30N4O5/c1-3-30-24(26(32)29-12-14-33-15-13-29)23(17-27-30)28-25(31)20-7-5-6-19(16-20)18-35-22-10-8-21(9-11-22)34-4-2/h5-11,16-17H,3-4,12-15,18H2,1-2H3,(H,28,31). The van der Waals surface area contributed by atoms with Crippen LogP contribution in [-0.4, -0.2) is 59.4 Å². The number of rotatable bonds is 9. The Kier molecular flexibility index (Phi) is 7.99. The molecule has 0 atom stereocenters. The highest BCUT2D eigenvalue weighted by Gasteiger charge is 2.26. The summed E-state index contributed by atoms with van der Waals surface area (Å²) in [6.45, 7) is 7.29. The quantitative estimate of drug-likeness (QED) is 0.505. The summed E-state index contributed by atoms with van der Waals surface area (Å²) in [5.74, 6) is 1.01. The highest BCUT2D eigenvalue weighted by Crippen LogP contribution is 2.21. The molecule has 0 bridgehead atoms. The van der Waals surface area contributed by atoms with Crippen LogP contribution in [0.3, 0.4) is 0 Å². The molecule has 1 fully saturated rings. The van der Waals surface area contributed by atoms with E-state index in [1.807, 2.05) is 44.2 Å². The van der Waals surface area contributed by atoms with Crippen LogP contribution in [-0.2, 0) is 17.9 Å². The summed E-state index contributed by atoms with van der Waals surface area (Å²) in [6.07, 6.45) is 1.52. The van der Waals surface area contributed by atoms with Gasteiger partial charge < -0.3 is 24.4 Å². The third-order valence-electron chi connectivity index (χ3n) is 5.62. The van der Waals surface area contributed by atoms with Gasteiger partial charge in [-0.05, 0) is 55.8 Å². The zero-order chi connectivity index (χ0) is 24.6. The van der Waals surface area contributed by atoms with Crippen molar-refractivity contribution in [2.45, 2.75) is 27.0 Å². The van der Waals surface area contributed by atoms with Crippen LogP contribution in [0.25, 0.3) is 0 Å². The topological polar surface area (TPSA) is 94.9 Å². The molecule has 2 heterocycles. The lowest BCUT2D eigenvalue weighted by molar-refractivity contribution is 0.0295. The van der Waals surface area contributed by atoms with Crippen LogP contribution >= 0.6 is 0 Å². The Hall–Kier alpha value is -3.85. The molecule has 2 aromatic carbocycles. The van der Waals surface area contributed by atoms with E-state index in [0.29, 0.717) is 68.8 Å². The maximum Gasteiger partial charge on any atom is 0.274 e.